The van der Waals surface area contributed by atoms with Crippen LogP contribution in [0.1, 0.15) is 26.7 Å². The molecule has 2 N–H and O–H groups in total. The third kappa shape index (κ3) is 3.06. The third-order valence-corrected chi connectivity index (χ3v) is 3.86. The van der Waals surface area contributed by atoms with E-state index in [-0.39, 0.29) is 12.1 Å². The first-order chi connectivity index (χ1) is 9.01. The van der Waals surface area contributed by atoms with Gasteiger partial charge in [-0.2, -0.15) is 0 Å². The number of nitrogens with one attached hydrogen (secondary N) is 1. The van der Waals surface area contributed by atoms with Gasteiger partial charge in [-0.05, 0) is 12.8 Å². The Morgan fingerprint density at radius 1 is 1.00 bits per heavy atom. The van der Waals surface area contributed by atoms with Crippen LogP contribution in [0, 0.1) is 11.8 Å². The standard InChI is InChI=1S/C13H23NO5/c1-5-7-9(12(16)18-3)11(15)10(13(17)19-4)8(6-2)14-7/h7-11,14-15H,5-6H2,1-4H3. The molecule has 0 aromatic carbocycles. The Kier molecular flexibility index (Phi) is 5.75. The summed E-state index contributed by atoms with van der Waals surface area (Å²) in [5.41, 5.74) is 0. The van der Waals surface area contributed by atoms with Crippen molar-refractivity contribution in [1.29, 1.82) is 0 Å². The molecule has 1 heterocycles. The van der Waals surface area contributed by atoms with Crippen molar-refractivity contribution in [1.82, 2.24) is 5.32 Å². The quantitative estimate of drug-likeness (QED) is 0.706. The summed E-state index contributed by atoms with van der Waals surface area (Å²) < 4.78 is 9.46. The van der Waals surface area contributed by atoms with E-state index in [0.29, 0.717) is 12.8 Å². The lowest BCUT2D eigenvalue weighted by Crippen LogP contribution is -2.63. The Labute approximate surface area is 113 Å². The van der Waals surface area contributed by atoms with Gasteiger partial charge in [0.05, 0.1) is 32.2 Å². The molecule has 0 aliphatic carbocycles. The number of esters is 2. The zero-order valence-electron chi connectivity index (χ0n) is 11.9. The summed E-state index contributed by atoms with van der Waals surface area (Å²) >= 11 is 0. The van der Waals surface area contributed by atoms with Crippen molar-refractivity contribution in [3.63, 3.8) is 0 Å². The Bertz CT molecular complexity index is 303. The number of piperidine rings is 1. The van der Waals surface area contributed by atoms with E-state index in [9.17, 15) is 14.7 Å². The van der Waals surface area contributed by atoms with Crippen LogP contribution in [0.4, 0.5) is 0 Å². The van der Waals surface area contributed by atoms with Gasteiger partial charge in [0.1, 0.15) is 0 Å². The molecule has 1 aliphatic rings. The minimum absolute atomic E-state index is 0.201. The normalized spacial score (nSPS) is 34.7. The molecule has 0 spiro atoms. The number of ether oxygens (including phenoxy) is 2. The van der Waals surface area contributed by atoms with E-state index in [1.807, 2.05) is 13.8 Å². The van der Waals surface area contributed by atoms with Gasteiger partial charge in [-0.3, -0.25) is 9.59 Å². The Hall–Kier alpha value is -1.14. The minimum Gasteiger partial charge on any atom is -0.469 e. The van der Waals surface area contributed by atoms with E-state index in [2.05, 4.69) is 5.32 Å². The molecule has 0 bridgehead atoms. The molecular weight excluding hydrogens is 250 g/mol. The van der Waals surface area contributed by atoms with E-state index in [0.717, 1.165) is 0 Å². The lowest BCUT2D eigenvalue weighted by atomic mass is 9.75. The molecule has 1 saturated heterocycles. The lowest BCUT2D eigenvalue weighted by molar-refractivity contribution is -0.165. The fraction of sp³-hybridized carbons (Fsp3) is 0.846. The molecule has 0 saturated carbocycles. The number of hydrogen-bond acceptors (Lipinski definition) is 6. The Morgan fingerprint density at radius 2 is 1.37 bits per heavy atom. The fourth-order valence-electron chi connectivity index (χ4n) is 2.80. The molecular formula is C13H23NO5. The SMILES string of the molecule is CCC1NC(CC)C(C(=O)OC)C(O)C1C(=O)OC. The van der Waals surface area contributed by atoms with Crippen LogP contribution in [0.2, 0.25) is 0 Å². The molecule has 0 aromatic heterocycles. The van der Waals surface area contributed by atoms with Gasteiger partial charge in [-0.25, -0.2) is 0 Å². The summed E-state index contributed by atoms with van der Waals surface area (Å²) in [6, 6.07) is -0.401. The van der Waals surface area contributed by atoms with Crippen molar-refractivity contribution in [3.8, 4) is 0 Å². The number of aliphatic hydroxyl groups excluding tert-OH is 1. The van der Waals surface area contributed by atoms with Crippen LogP contribution in [-0.2, 0) is 19.1 Å². The maximum atomic E-state index is 11.8. The molecule has 0 radical (unpaired) electrons. The third-order valence-electron chi connectivity index (χ3n) is 3.86. The van der Waals surface area contributed by atoms with Crippen LogP contribution in [-0.4, -0.2) is 49.5 Å². The van der Waals surface area contributed by atoms with Crippen molar-refractivity contribution >= 4 is 11.9 Å². The number of aliphatic hydroxyl groups is 1. The zero-order chi connectivity index (χ0) is 14.6. The largest absolute Gasteiger partial charge is 0.469 e. The van der Waals surface area contributed by atoms with E-state index in [4.69, 9.17) is 9.47 Å². The van der Waals surface area contributed by atoms with E-state index >= 15 is 0 Å². The molecule has 0 amide bonds. The van der Waals surface area contributed by atoms with Gasteiger partial charge in [-0.1, -0.05) is 13.8 Å². The predicted molar refractivity (Wildman–Crippen MR) is 68.3 cm³/mol. The van der Waals surface area contributed by atoms with Gasteiger partial charge in [0.2, 0.25) is 0 Å². The molecule has 1 aliphatic heterocycles. The van der Waals surface area contributed by atoms with Crippen LogP contribution in [0.25, 0.3) is 0 Å². The van der Waals surface area contributed by atoms with Crippen molar-refractivity contribution in [2.45, 2.75) is 44.9 Å². The van der Waals surface area contributed by atoms with Gasteiger partial charge in [0.15, 0.2) is 0 Å². The van der Waals surface area contributed by atoms with Crippen LogP contribution in [0.3, 0.4) is 0 Å². The Balaban J connectivity index is 3.05. The van der Waals surface area contributed by atoms with Gasteiger partial charge in [-0.15, -0.1) is 0 Å². The predicted octanol–water partition coefficient (Wildman–Crippen LogP) is 0.0861. The van der Waals surface area contributed by atoms with E-state index < -0.39 is 29.9 Å². The molecule has 1 rings (SSSR count). The molecule has 19 heavy (non-hydrogen) atoms. The van der Waals surface area contributed by atoms with Crippen LogP contribution < -0.4 is 5.32 Å². The van der Waals surface area contributed by atoms with E-state index in [1.165, 1.54) is 14.2 Å². The number of methoxy groups -OCH3 is 2. The molecule has 4 unspecified atom stereocenters. The average Bonchev–Trinajstić information content (AvgIpc) is 2.44. The summed E-state index contributed by atoms with van der Waals surface area (Å²) in [6.07, 6.45) is 0.249. The number of carbonyl (C=O) groups excluding carboxylic acids is 2. The molecule has 1 fully saturated rings. The summed E-state index contributed by atoms with van der Waals surface area (Å²) in [5, 5.41) is 13.6. The van der Waals surface area contributed by atoms with Crippen molar-refractivity contribution < 1.29 is 24.2 Å². The highest BCUT2D eigenvalue weighted by Crippen LogP contribution is 2.30. The summed E-state index contributed by atoms with van der Waals surface area (Å²) in [6.45, 7) is 3.84. The lowest BCUT2D eigenvalue weighted by Gasteiger charge is -2.43. The van der Waals surface area contributed by atoms with E-state index in [1.54, 1.807) is 0 Å². The fourth-order valence-corrected chi connectivity index (χ4v) is 2.80. The first kappa shape index (κ1) is 15.9. The second-order valence-electron chi connectivity index (χ2n) is 4.78. The van der Waals surface area contributed by atoms with Crippen LogP contribution in [0.15, 0.2) is 0 Å². The number of rotatable bonds is 4. The van der Waals surface area contributed by atoms with Crippen molar-refractivity contribution in [2.24, 2.45) is 11.8 Å². The van der Waals surface area contributed by atoms with Gasteiger partial charge in [0, 0.05) is 12.1 Å². The summed E-state index contributed by atoms with van der Waals surface area (Å²) in [5.74, 6) is -2.51. The number of hydrogen-bond donors (Lipinski definition) is 2. The highest BCUT2D eigenvalue weighted by atomic mass is 16.5. The van der Waals surface area contributed by atoms with Gasteiger partial charge < -0.3 is 19.9 Å². The zero-order valence-corrected chi connectivity index (χ0v) is 11.9. The Morgan fingerprint density at radius 3 is 1.63 bits per heavy atom. The minimum atomic E-state index is -1.09. The van der Waals surface area contributed by atoms with Crippen molar-refractivity contribution in [2.75, 3.05) is 14.2 Å². The number of carbonyl (C=O) groups is 2. The topological polar surface area (TPSA) is 84.9 Å². The summed E-state index contributed by atoms with van der Waals surface area (Å²) in [7, 11) is 2.56. The monoisotopic (exact) mass is 273 g/mol. The maximum Gasteiger partial charge on any atom is 0.312 e. The molecule has 110 valence electrons. The first-order valence-corrected chi connectivity index (χ1v) is 6.61. The van der Waals surface area contributed by atoms with Gasteiger partial charge >= 0.3 is 11.9 Å². The molecule has 6 heteroatoms. The van der Waals surface area contributed by atoms with Crippen LogP contribution in [0.5, 0.6) is 0 Å². The van der Waals surface area contributed by atoms with Gasteiger partial charge in [0.25, 0.3) is 0 Å². The second kappa shape index (κ2) is 6.86. The second-order valence-corrected chi connectivity index (χ2v) is 4.78. The average molecular weight is 273 g/mol. The molecule has 0 aromatic rings. The highest BCUT2D eigenvalue weighted by molar-refractivity contribution is 5.79. The smallest absolute Gasteiger partial charge is 0.312 e. The molecule has 6 nitrogen and oxygen atoms in total. The first-order valence-electron chi connectivity index (χ1n) is 6.61. The van der Waals surface area contributed by atoms with Crippen molar-refractivity contribution in [3.05, 3.63) is 0 Å². The highest BCUT2D eigenvalue weighted by Gasteiger charge is 2.49. The summed E-state index contributed by atoms with van der Waals surface area (Å²) in [4.78, 5) is 23.6. The maximum absolute atomic E-state index is 11.8. The van der Waals surface area contributed by atoms with Crippen LogP contribution >= 0.6 is 0 Å². The molecule has 4 atom stereocenters.